The average molecular weight is 306 g/mol. The highest BCUT2D eigenvalue weighted by molar-refractivity contribution is 5.73. The van der Waals surface area contributed by atoms with Gasteiger partial charge in [0.2, 0.25) is 0 Å². The Morgan fingerprint density at radius 2 is 2.09 bits per heavy atom. The smallest absolute Gasteiger partial charge is 0.320 e. The van der Waals surface area contributed by atoms with Gasteiger partial charge < -0.3 is 20.9 Å². The molecule has 1 fully saturated rings. The number of anilines is 1. The zero-order valence-electron chi connectivity index (χ0n) is 13.1. The molecule has 1 aliphatic rings. The van der Waals surface area contributed by atoms with Crippen molar-refractivity contribution in [3.05, 3.63) is 29.8 Å². The van der Waals surface area contributed by atoms with E-state index in [1.54, 1.807) is 0 Å². The molecule has 4 N–H and O–H groups in total. The summed E-state index contributed by atoms with van der Waals surface area (Å²) in [4.78, 5) is 10.8. The molecular formula is C17H26N2O3. The van der Waals surface area contributed by atoms with Crippen molar-refractivity contribution in [3.63, 3.8) is 0 Å². The van der Waals surface area contributed by atoms with E-state index in [9.17, 15) is 4.79 Å². The predicted octanol–water partition coefficient (Wildman–Crippen LogP) is 2.26. The Kier molecular flexibility index (Phi) is 6.21. The minimum absolute atomic E-state index is 0.292. The summed E-state index contributed by atoms with van der Waals surface area (Å²) < 4.78 is 5.90. The summed E-state index contributed by atoms with van der Waals surface area (Å²) in [5.41, 5.74) is 7.50. The number of aliphatic carboxylic acids is 1. The molecule has 122 valence electrons. The molecule has 0 aromatic heterocycles. The number of nitrogens with one attached hydrogen (secondary N) is 1. The Hall–Kier alpha value is -1.59. The third kappa shape index (κ3) is 5.31. The van der Waals surface area contributed by atoms with Crippen LogP contribution in [-0.4, -0.2) is 36.4 Å². The number of rotatable bonds is 10. The van der Waals surface area contributed by atoms with E-state index in [2.05, 4.69) is 12.2 Å². The van der Waals surface area contributed by atoms with Crippen molar-refractivity contribution in [2.24, 2.45) is 11.7 Å². The number of carboxylic acids is 1. The molecule has 2 atom stereocenters. The topological polar surface area (TPSA) is 84.6 Å². The first-order valence-corrected chi connectivity index (χ1v) is 8.03. The molecule has 5 nitrogen and oxygen atoms in total. The van der Waals surface area contributed by atoms with Crippen LogP contribution < -0.4 is 11.1 Å². The molecule has 22 heavy (non-hydrogen) atoms. The SMILES string of the molecule is CCCOC(CNc1ccc(CC(N)C(=O)O)cc1)C1CC1. The number of carboxylic acid groups (broad SMARTS) is 1. The van der Waals surface area contributed by atoms with Gasteiger partial charge in [-0.2, -0.15) is 0 Å². The van der Waals surface area contributed by atoms with E-state index in [4.69, 9.17) is 15.6 Å². The molecule has 0 aliphatic heterocycles. The van der Waals surface area contributed by atoms with Crippen molar-refractivity contribution in [2.45, 2.75) is 44.8 Å². The van der Waals surface area contributed by atoms with Gasteiger partial charge in [0.1, 0.15) is 6.04 Å². The summed E-state index contributed by atoms with van der Waals surface area (Å²) in [6.07, 6.45) is 4.21. The Bertz CT molecular complexity index is 471. The lowest BCUT2D eigenvalue weighted by molar-refractivity contribution is -0.138. The van der Waals surface area contributed by atoms with E-state index in [1.807, 2.05) is 24.3 Å². The van der Waals surface area contributed by atoms with Crippen LogP contribution in [0.2, 0.25) is 0 Å². The molecule has 1 aromatic rings. The second-order valence-electron chi connectivity index (χ2n) is 5.97. The van der Waals surface area contributed by atoms with Crippen molar-refractivity contribution < 1.29 is 14.6 Å². The van der Waals surface area contributed by atoms with Gasteiger partial charge in [0.25, 0.3) is 0 Å². The minimum Gasteiger partial charge on any atom is -0.480 e. The number of nitrogens with two attached hydrogens (primary N) is 1. The molecule has 1 aromatic carbocycles. The van der Waals surface area contributed by atoms with Gasteiger partial charge in [-0.1, -0.05) is 19.1 Å². The lowest BCUT2D eigenvalue weighted by atomic mass is 10.1. The highest BCUT2D eigenvalue weighted by Crippen LogP contribution is 2.34. The molecule has 0 heterocycles. The van der Waals surface area contributed by atoms with Gasteiger partial charge in [-0.15, -0.1) is 0 Å². The number of hydrogen-bond donors (Lipinski definition) is 3. The standard InChI is InChI=1S/C17H26N2O3/c1-2-9-22-16(13-5-6-13)11-19-14-7-3-12(4-8-14)10-15(18)17(20)21/h3-4,7-8,13,15-16,19H,2,5-6,9-11,18H2,1H3,(H,20,21). The highest BCUT2D eigenvalue weighted by Gasteiger charge is 2.31. The van der Waals surface area contributed by atoms with E-state index in [0.29, 0.717) is 18.4 Å². The normalized spacial score (nSPS) is 17.0. The van der Waals surface area contributed by atoms with Crippen molar-refractivity contribution in [2.75, 3.05) is 18.5 Å². The van der Waals surface area contributed by atoms with Gasteiger partial charge in [0, 0.05) is 18.8 Å². The summed E-state index contributed by atoms with van der Waals surface area (Å²) in [5.74, 6) is -0.269. The fourth-order valence-electron chi connectivity index (χ4n) is 2.42. The first-order valence-electron chi connectivity index (χ1n) is 8.03. The maximum absolute atomic E-state index is 10.8. The number of ether oxygens (including phenoxy) is 1. The van der Waals surface area contributed by atoms with Crippen LogP contribution in [0.3, 0.4) is 0 Å². The van der Waals surface area contributed by atoms with Crippen molar-refractivity contribution >= 4 is 11.7 Å². The van der Waals surface area contributed by atoms with Crippen LogP contribution in [0.15, 0.2) is 24.3 Å². The maximum atomic E-state index is 10.8. The molecule has 0 bridgehead atoms. The van der Waals surface area contributed by atoms with Crippen molar-refractivity contribution in [1.82, 2.24) is 0 Å². The molecule has 2 rings (SSSR count). The summed E-state index contributed by atoms with van der Waals surface area (Å²) in [5, 5.41) is 12.2. The van der Waals surface area contributed by atoms with Crippen LogP contribution in [0.5, 0.6) is 0 Å². The van der Waals surface area contributed by atoms with Crippen LogP contribution in [0, 0.1) is 5.92 Å². The van der Waals surface area contributed by atoms with Gasteiger partial charge in [-0.3, -0.25) is 4.79 Å². The zero-order chi connectivity index (χ0) is 15.9. The van der Waals surface area contributed by atoms with E-state index in [0.717, 1.165) is 30.8 Å². The fraction of sp³-hybridized carbons (Fsp3) is 0.588. The minimum atomic E-state index is -0.970. The average Bonchev–Trinajstić information content (AvgIpc) is 3.33. The molecule has 5 heteroatoms. The Labute approximate surface area is 131 Å². The summed E-state index contributed by atoms with van der Waals surface area (Å²) >= 11 is 0. The van der Waals surface area contributed by atoms with Crippen LogP contribution in [0.25, 0.3) is 0 Å². The Morgan fingerprint density at radius 3 is 2.64 bits per heavy atom. The zero-order valence-corrected chi connectivity index (χ0v) is 13.1. The van der Waals surface area contributed by atoms with E-state index in [-0.39, 0.29) is 0 Å². The third-order valence-corrected chi connectivity index (χ3v) is 3.92. The number of benzene rings is 1. The third-order valence-electron chi connectivity index (χ3n) is 3.92. The monoisotopic (exact) mass is 306 g/mol. The highest BCUT2D eigenvalue weighted by atomic mass is 16.5. The largest absolute Gasteiger partial charge is 0.480 e. The predicted molar refractivity (Wildman–Crippen MR) is 87.0 cm³/mol. The molecule has 0 spiro atoms. The molecule has 0 amide bonds. The summed E-state index contributed by atoms with van der Waals surface area (Å²) in [7, 11) is 0. The first-order chi connectivity index (χ1) is 10.6. The van der Waals surface area contributed by atoms with E-state index < -0.39 is 12.0 Å². The van der Waals surface area contributed by atoms with Gasteiger partial charge in [-0.25, -0.2) is 0 Å². The quantitative estimate of drug-likeness (QED) is 0.617. The van der Waals surface area contributed by atoms with Gasteiger partial charge in [0.05, 0.1) is 6.10 Å². The van der Waals surface area contributed by atoms with Crippen LogP contribution in [0.1, 0.15) is 31.7 Å². The van der Waals surface area contributed by atoms with Gasteiger partial charge >= 0.3 is 5.97 Å². The van der Waals surface area contributed by atoms with Crippen molar-refractivity contribution in [3.8, 4) is 0 Å². The van der Waals surface area contributed by atoms with Crippen LogP contribution in [-0.2, 0) is 16.0 Å². The molecule has 2 unspecified atom stereocenters. The summed E-state index contributed by atoms with van der Waals surface area (Å²) in [6.45, 7) is 3.76. The fourth-order valence-corrected chi connectivity index (χ4v) is 2.42. The molecular weight excluding hydrogens is 280 g/mol. The second-order valence-corrected chi connectivity index (χ2v) is 5.97. The summed E-state index contributed by atoms with van der Waals surface area (Å²) in [6, 6.07) is 6.93. The maximum Gasteiger partial charge on any atom is 0.320 e. The molecule has 0 saturated heterocycles. The number of hydrogen-bond acceptors (Lipinski definition) is 4. The Balaban J connectivity index is 1.81. The lowest BCUT2D eigenvalue weighted by Crippen LogP contribution is -2.32. The first kappa shape index (κ1) is 16.8. The van der Waals surface area contributed by atoms with Gasteiger partial charge in [0.15, 0.2) is 0 Å². The van der Waals surface area contributed by atoms with E-state index in [1.165, 1.54) is 12.8 Å². The Morgan fingerprint density at radius 1 is 1.41 bits per heavy atom. The van der Waals surface area contributed by atoms with E-state index >= 15 is 0 Å². The molecule has 1 saturated carbocycles. The van der Waals surface area contributed by atoms with Crippen LogP contribution in [0.4, 0.5) is 5.69 Å². The number of carbonyl (C=O) groups is 1. The van der Waals surface area contributed by atoms with Crippen molar-refractivity contribution in [1.29, 1.82) is 0 Å². The van der Waals surface area contributed by atoms with Gasteiger partial charge in [-0.05, 0) is 49.3 Å². The van der Waals surface area contributed by atoms with Crippen LogP contribution >= 0.6 is 0 Å². The lowest BCUT2D eigenvalue weighted by Gasteiger charge is -2.18. The molecule has 0 radical (unpaired) electrons. The second kappa shape index (κ2) is 8.15. The molecule has 1 aliphatic carbocycles.